The van der Waals surface area contributed by atoms with Crippen LogP contribution in [0.1, 0.15) is 24.9 Å². The van der Waals surface area contributed by atoms with E-state index in [0.29, 0.717) is 23.7 Å². The summed E-state index contributed by atoms with van der Waals surface area (Å²) < 4.78 is 42.6. The molecule has 7 nitrogen and oxygen atoms in total. The Labute approximate surface area is 144 Å². The summed E-state index contributed by atoms with van der Waals surface area (Å²) in [6.45, 7) is 2.09. The van der Waals surface area contributed by atoms with Crippen molar-refractivity contribution in [3.05, 3.63) is 17.7 Å². The molecule has 0 heterocycles. The second-order valence-electron chi connectivity index (χ2n) is 5.61. The van der Waals surface area contributed by atoms with Gasteiger partial charge in [0, 0.05) is 12.6 Å². The van der Waals surface area contributed by atoms with Crippen molar-refractivity contribution >= 4 is 10.0 Å². The Morgan fingerprint density at radius 2 is 1.62 bits per heavy atom. The number of methoxy groups -OCH3 is 3. The van der Waals surface area contributed by atoms with E-state index in [1.165, 1.54) is 0 Å². The molecule has 1 N–H and O–H groups in total. The van der Waals surface area contributed by atoms with Crippen LogP contribution in [-0.2, 0) is 10.0 Å². The minimum absolute atomic E-state index is 0.113. The highest BCUT2D eigenvalue weighted by molar-refractivity contribution is 7.89. The zero-order valence-corrected chi connectivity index (χ0v) is 16.1. The van der Waals surface area contributed by atoms with Gasteiger partial charge in [-0.15, -0.1) is 0 Å². The first-order valence-electron chi connectivity index (χ1n) is 7.73. The molecule has 1 aromatic rings. The number of hydrogen-bond acceptors (Lipinski definition) is 6. The average Bonchev–Trinajstić information content (AvgIpc) is 2.53. The Kier molecular flexibility index (Phi) is 7.78. The summed E-state index contributed by atoms with van der Waals surface area (Å²) in [7, 11) is 5.15. The highest BCUT2D eigenvalue weighted by atomic mass is 32.2. The van der Waals surface area contributed by atoms with E-state index in [1.54, 1.807) is 21.3 Å². The topological polar surface area (TPSA) is 77.1 Å². The maximum Gasteiger partial charge on any atom is 0.211 e. The Bertz CT molecular complexity index is 606. The summed E-state index contributed by atoms with van der Waals surface area (Å²) in [4.78, 5) is 1.94. The van der Waals surface area contributed by atoms with Gasteiger partial charge in [-0.05, 0) is 38.2 Å². The average molecular weight is 360 g/mol. The van der Waals surface area contributed by atoms with Crippen LogP contribution >= 0.6 is 0 Å². The third-order valence-corrected chi connectivity index (χ3v) is 5.22. The summed E-state index contributed by atoms with van der Waals surface area (Å²) in [6, 6.07) is 3.49. The molecule has 0 radical (unpaired) electrons. The quantitative estimate of drug-likeness (QED) is 0.684. The van der Waals surface area contributed by atoms with Crippen LogP contribution in [0.15, 0.2) is 12.1 Å². The summed E-state index contributed by atoms with van der Waals surface area (Å²) >= 11 is 0. The Balaban J connectivity index is 3.17. The highest BCUT2D eigenvalue weighted by Gasteiger charge is 2.22. The SMILES string of the molecule is CCCS(=O)(=O)NCC(c1cc(OC)c(OC)c(OC)c1)N(C)C. The van der Waals surface area contributed by atoms with Crippen LogP contribution in [0.5, 0.6) is 17.2 Å². The van der Waals surface area contributed by atoms with Crippen LogP contribution in [0.2, 0.25) is 0 Å². The number of rotatable bonds is 10. The minimum atomic E-state index is -3.28. The van der Waals surface area contributed by atoms with Gasteiger partial charge in [0.1, 0.15) is 0 Å². The molecule has 0 aliphatic heterocycles. The van der Waals surface area contributed by atoms with E-state index in [1.807, 2.05) is 38.1 Å². The van der Waals surface area contributed by atoms with Gasteiger partial charge in [-0.2, -0.15) is 0 Å². The van der Waals surface area contributed by atoms with Gasteiger partial charge < -0.3 is 19.1 Å². The number of likely N-dealkylation sites (N-methyl/N-ethyl adjacent to an activating group) is 1. The fraction of sp³-hybridized carbons (Fsp3) is 0.625. The van der Waals surface area contributed by atoms with Crippen LogP contribution in [0.25, 0.3) is 0 Å². The molecule has 0 saturated heterocycles. The van der Waals surface area contributed by atoms with Crippen LogP contribution in [0.3, 0.4) is 0 Å². The predicted molar refractivity (Wildman–Crippen MR) is 94.6 cm³/mol. The van der Waals surface area contributed by atoms with Gasteiger partial charge in [0.05, 0.1) is 27.1 Å². The smallest absolute Gasteiger partial charge is 0.211 e. The summed E-state index contributed by atoms with van der Waals surface area (Å²) in [5.74, 6) is 1.70. The van der Waals surface area contributed by atoms with E-state index in [-0.39, 0.29) is 18.3 Å². The molecular formula is C16H28N2O5S. The lowest BCUT2D eigenvalue weighted by Crippen LogP contribution is -2.35. The third kappa shape index (κ3) is 5.25. The first kappa shape index (κ1) is 20.5. The van der Waals surface area contributed by atoms with Crippen LogP contribution in [-0.4, -0.2) is 61.0 Å². The lowest BCUT2D eigenvalue weighted by Gasteiger charge is -2.26. The molecule has 1 rings (SSSR count). The van der Waals surface area contributed by atoms with Crippen LogP contribution in [0, 0.1) is 0 Å². The molecule has 1 aromatic carbocycles. The Hall–Kier alpha value is -1.51. The van der Waals surface area contributed by atoms with Crippen molar-refractivity contribution < 1.29 is 22.6 Å². The molecule has 8 heteroatoms. The van der Waals surface area contributed by atoms with Crippen molar-refractivity contribution in [3.63, 3.8) is 0 Å². The Morgan fingerprint density at radius 3 is 2.00 bits per heavy atom. The largest absolute Gasteiger partial charge is 0.493 e. The van der Waals surface area contributed by atoms with E-state index < -0.39 is 10.0 Å². The first-order chi connectivity index (χ1) is 11.3. The standard InChI is InChI=1S/C16H28N2O5S/c1-7-8-24(19,20)17-11-13(18(2)3)12-9-14(21-4)16(23-6)15(10-12)22-5/h9-10,13,17H,7-8,11H2,1-6H3. The molecule has 0 aliphatic rings. The van der Waals surface area contributed by atoms with Gasteiger partial charge in [0.25, 0.3) is 0 Å². The molecule has 0 fully saturated rings. The number of sulfonamides is 1. The lowest BCUT2D eigenvalue weighted by molar-refractivity contribution is 0.292. The summed E-state index contributed by atoms with van der Waals surface area (Å²) in [5, 5.41) is 0. The molecule has 0 saturated carbocycles. The van der Waals surface area contributed by atoms with E-state index in [0.717, 1.165) is 5.56 Å². The van der Waals surface area contributed by atoms with Gasteiger partial charge in [0.2, 0.25) is 15.8 Å². The zero-order valence-electron chi connectivity index (χ0n) is 15.3. The molecular weight excluding hydrogens is 332 g/mol. The van der Waals surface area contributed by atoms with Crippen molar-refractivity contribution in [1.82, 2.24) is 9.62 Å². The van der Waals surface area contributed by atoms with E-state index in [9.17, 15) is 8.42 Å². The minimum Gasteiger partial charge on any atom is -0.493 e. The first-order valence-corrected chi connectivity index (χ1v) is 9.38. The fourth-order valence-electron chi connectivity index (χ4n) is 2.44. The molecule has 0 aromatic heterocycles. The van der Waals surface area contributed by atoms with Crippen LogP contribution in [0.4, 0.5) is 0 Å². The second kappa shape index (κ2) is 9.10. The highest BCUT2D eigenvalue weighted by Crippen LogP contribution is 2.40. The maximum atomic E-state index is 11.9. The number of nitrogens with zero attached hydrogens (tertiary/aromatic N) is 1. The molecule has 0 amide bonds. The molecule has 0 aliphatic carbocycles. The molecule has 1 unspecified atom stereocenters. The Morgan fingerprint density at radius 1 is 1.08 bits per heavy atom. The van der Waals surface area contributed by atoms with Crippen molar-refractivity contribution in [3.8, 4) is 17.2 Å². The van der Waals surface area contributed by atoms with E-state index >= 15 is 0 Å². The summed E-state index contributed by atoms with van der Waals surface area (Å²) in [6.07, 6.45) is 0.576. The van der Waals surface area contributed by atoms with E-state index in [2.05, 4.69) is 4.72 Å². The van der Waals surface area contributed by atoms with Gasteiger partial charge in [-0.25, -0.2) is 13.1 Å². The summed E-state index contributed by atoms with van der Waals surface area (Å²) in [5.41, 5.74) is 0.869. The van der Waals surface area contributed by atoms with Gasteiger partial charge in [-0.1, -0.05) is 6.92 Å². The van der Waals surface area contributed by atoms with Crippen LogP contribution < -0.4 is 18.9 Å². The van der Waals surface area contributed by atoms with Gasteiger partial charge in [0.15, 0.2) is 11.5 Å². The second-order valence-corrected chi connectivity index (χ2v) is 7.53. The van der Waals surface area contributed by atoms with Gasteiger partial charge in [-0.3, -0.25) is 0 Å². The molecule has 138 valence electrons. The monoisotopic (exact) mass is 360 g/mol. The van der Waals surface area contributed by atoms with Crippen molar-refractivity contribution in [2.75, 3.05) is 47.7 Å². The maximum absolute atomic E-state index is 11.9. The van der Waals surface area contributed by atoms with Crippen molar-refractivity contribution in [2.45, 2.75) is 19.4 Å². The van der Waals surface area contributed by atoms with Gasteiger partial charge >= 0.3 is 0 Å². The number of nitrogens with one attached hydrogen (secondary N) is 1. The van der Waals surface area contributed by atoms with Crippen molar-refractivity contribution in [2.24, 2.45) is 0 Å². The van der Waals surface area contributed by atoms with E-state index in [4.69, 9.17) is 14.2 Å². The lowest BCUT2D eigenvalue weighted by atomic mass is 10.0. The number of ether oxygens (including phenoxy) is 3. The number of benzene rings is 1. The normalized spacial score (nSPS) is 13.0. The molecule has 0 bridgehead atoms. The molecule has 1 atom stereocenters. The zero-order chi connectivity index (χ0) is 18.3. The molecule has 24 heavy (non-hydrogen) atoms. The number of hydrogen-bond donors (Lipinski definition) is 1. The molecule has 0 spiro atoms. The fourth-order valence-corrected chi connectivity index (χ4v) is 3.53. The van der Waals surface area contributed by atoms with Crippen molar-refractivity contribution in [1.29, 1.82) is 0 Å². The predicted octanol–water partition coefficient (Wildman–Crippen LogP) is 1.64. The third-order valence-electron chi connectivity index (χ3n) is 3.66.